The van der Waals surface area contributed by atoms with Gasteiger partial charge in [0.05, 0.1) is 0 Å². The lowest BCUT2D eigenvalue weighted by molar-refractivity contribution is -0.116. The lowest BCUT2D eigenvalue weighted by Crippen LogP contribution is -2.39. The molecule has 0 bridgehead atoms. The summed E-state index contributed by atoms with van der Waals surface area (Å²) in [6.45, 7) is 1.57. The zero-order chi connectivity index (χ0) is 16.2. The van der Waals surface area contributed by atoms with Crippen molar-refractivity contribution < 1.29 is 4.79 Å². The second kappa shape index (κ2) is 11.2. The summed E-state index contributed by atoms with van der Waals surface area (Å²) in [4.78, 5) is 15.9. The summed E-state index contributed by atoms with van der Waals surface area (Å²) in [6, 6.07) is 7.08. The molecule has 1 aromatic rings. The Morgan fingerprint density at radius 1 is 1.23 bits per heavy atom. The minimum absolute atomic E-state index is 0.00514. The third kappa shape index (κ3) is 8.14. The number of carbonyl (C=O) groups excluding carboxylic acids is 1. The molecule has 0 fully saturated rings. The Hall–Kier alpha value is -1.40. The van der Waals surface area contributed by atoms with Crippen LogP contribution < -0.4 is 16.0 Å². The van der Waals surface area contributed by atoms with Gasteiger partial charge in [0.2, 0.25) is 5.91 Å². The van der Waals surface area contributed by atoms with E-state index in [9.17, 15) is 4.79 Å². The highest BCUT2D eigenvalue weighted by molar-refractivity contribution is 7.98. The van der Waals surface area contributed by atoms with E-state index in [4.69, 9.17) is 11.6 Å². The standard InChI is InChI=1S/C15H23ClN4OS/c1-17-15(19-10-11-22-2)18-9-3-4-14(21)20-13-7-5-12(16)6-8-13/h5-8H,3-4,9-11H2,1-2H3,(H,20,21)(H2,17,18,19). The number of nitrogens with zero attached hydrogens (tertiary/aromatic N) is 1. The largest absolute Gasteiger partial charge is 0.356 e. The first kappa shape index (κ1) is 18.6. The van der Waals surface area contributed by atoms with Crippen molar-refractivity contribution in [3.05, 3.63) is 29.3 Å². The quantitative estimate of drug-likeness (QED) is 0.386. The van der Waals surface area contributed by atoms with Crippen molar-refractivity contribution >= 4 is 40.9 Å². The second-order valence-electron chi connectivity index (χ2n) is 4.58. The van der Waals surface area contributed by atoms with Crippen molar-refractivity contribution in [2.75, 3.05) is 37.5 Å². The summed E-state index contributed by atoms with van der Waals surface area (Å²) >= 11 is 7.58. The van der Waals surface area contributed by atoms with Gasteiger partial charge in [-0.1, -0.05) is 11.6 Å². The SMILES string of the molecule is CN=C(NCCCC(=O)Nc1ccc(Cl)cc1)NCCSC. The number of hydrogen-bond donors (Lipinski definition) is 3. The van der Waals surface area contributed by atoms with Gasteiger partial charge in [-0.05, 0) is 36.9 Å². The number of guanidine groups is 1. The van der Waals surface area contributed by atoms with Crippen molar-refractivity contribution in [3.8, 4) is 0 Å². The first-order valence-corrected chi connectivity index (χ1v) is 8.91. The lowest BCUT2D eigenvalue weighted by Gasteiger charge is -2.11. The molecule has 1 rings (SSSR count). The molecule has 0 spiro atoms. The van der Waals surface area contributed by atoms with Gasteiger partial charge in [-0.3, -0.25) is 9.79 Å². The number of benzene rings is 1. The zero-order valence-corrected chi connectivity index (χ0v) is 14.6. The van der Waals surface area contributed by atoms with Gasteiger partial charge in [-0.25, -0.2) is 0 Å². The number of carbonyl (C=O) groups is 1. The first-order valence-electron chi connectivity index (χ1n) is 7.14. The number of anilines is 1. The highest BCUT2D eigenvalue weighted by Gasteiger charge is 2.03. The number of hydrogen-bond acceptors (Lipinski definition) is 3. The van der Waals surface area contributed by atoms with Crippen molar-refractivity contribution in [3.63, 3.8) is 0 Å². The van der Waals surface area contributed by atoms with Gasteiger partial charge >= 0.3 is 0 Å². The van der Waals surface area contributed by atoms with Crippen LogP contribution >= 0.6 is 23.4 Å². The fraction of sp³-hybridized carbons (Fsp3) is 0.467. The molecule has 5 nitrogen and oxygen atoms in total. The third-order valence-corrected chi connectivity index (χ3v) is 3.69. The number of thioether (sulfide) groups is 1. The molecule has 0 aromatic heterocycles. The lowest BCUT2D eigenvalue weighted by atomic mass is 10.2. The minimum atomic E-state index is -0.00514. The van der Waals surface area contributed by atoms with E-state index in [1.165, 1.54) is 0 Å². The molecule has 3 N–H and O–H groups in total. The summed E-state index contributed by atoms with van der Waals surface area (Å²) in [5.74, 6) is 1.80. The maximum absolute atomic E-state index is 11.8. The molecule has 0 aliphatic rings. The molecule has 0 unspecified atom stereocenters. The van der Waals surface area contributed by atoms with Crippen molar-refractivity contribution in [2.45, 2.75) is 12.8 Å². The Bertz CT molecular complexity index is 479. The predicted molar refractivity (Wildman–Crippen MR) is 97.1 cm³/mol. The second-order valence-corrected chi connectivity index (χ2v) is 6.00. The van der Waals surface area contributed by atoms with E-state index >= 15 is 0 Å². The smallest absolute Gasteiger partial charge is 0.224 e. The number of nitrogens with one attached hydrogen (secondary N) is 3. The molecular weight excluding hydrogens is 320 g/mol. The van der Waals surface area contributed by atoms with Crippen LogP contribution in [0.15, 0.2) is 29.3 Å². The van der Waals surface area contributed by atoms with Crippen LogP contribution in [0.4, 0.5) is 5.69 Å². The normalized spacial score (nSPS) is 11.1. The van der Waals surface area contributed by atoms with Crippen LogP contribution in [-0.2, 0) is 4.79 Å². The Morgan fingerprint density at radius 2 is 1.91 bits per heavy atom. The predicted octanol–water partition coefficient (Wildman–Crippen LogP) is 2.59. The van der Waals surface area contributed by atoms with Crippen LogP contribution in [0.2, 0.25) is 5.02 Å². The Labute approximate surface area is 141 Å². The molecule has 22 heavy (non-hydrogen) atoms. The summed E-state index contributed by atoms with van der Waals surface area (Å²) in [7, 11) is 1.74. The van der Waals surface area contributed by atoms with E-state index in [0.717, 1.165) is 30.4 Å². The molecule has 0 atom stereocenters. The number of rotatable bonds is 8. The summed E-state index contributed by atoms with van der Waals surface area (Å²) < 4.78 is 0. The van der Waals surface area contributed by atoms with Crippen molar-refractivity contribution in [1.82, 2.24) is 10.6 Å². The molecule has 0 saturated carbocycles. The van der Waals surface area contributed by atoms with Gasteiger partial charge in [0.15, 0.2) is 5.96 Å². The van der Waals surface area contributed by atoms with Gasteiger partial charge in [-0.2, -0.15) is 11.8 Å². The summed E-state index contributed by atoms with van der Waals surface area (Å²) in [5.41, 5.74) is 0.761. The third-order valence-electron chi connectivity index (χ3n) is 2.82. The van der Waals surface area contributed by atoms with Crippen LogP contribution in [0.3, 0.4) is 0 Å². The van der Waals surface area contributed by atoms with Gasteiger partial charge in [0, 0.05) is 43.0 Å². The highest BCUT2D eigenvalue weighted by atomic mass is 35.5. The van der Waals surface area contributed by atoms with E-state index in [1.54, 1.807) is 43.1 Å². The molecule has 0 aliphatic heterocycles. The Balaban J connectivity index is 2.17. The first-order chi connectivity index (χ1) is 10.7. The molecule has 0 aliphatic carbocycles. The number of amides is 1. The summed E-state index contributed by atoms with van der Waals surface area (Å²) in [6.07, 6.45) is 3.26. The Morgan fingerprint density at radius 3 is 2.55 bits per heavy atom. The van der Waals surface area contributed by atoms with Gasteiger partial charge < -0.3 is 16.0 Å². The fourth-order valence-corrected chi connectivity index (χ4v) is 2.14. The van der Waals surface area contributed by atoms with Crippen molar-refractivity contribution in [2.24, 2.45) is 4.99 Å². The minimum Gasteiger partial charge on any atom is -0.356 e. The van der Waals surface area contributed by atoms with Gasteiger partial charge in [-0.15, -0.1) is 0 Å². The van der Waals surface area contributed by atoms with Gasteiger partial charge in [0.1, 0.15) is 0 Å². The van der Waals surface area contributed by atoms with Crippen molar-refractivity contribution in [1.29, 1.82) is 0 Å². The van der Waals surface area contributed by atoms with Crippen LogP contribution in [0.1, 0.15) is 12.8 Å². The summed E-state index contributed by atoms with van der Waals surface area (Å²) in [5, 5.41) is 9.89. The van der Waals surface area contributed by atoms with Gasteiger partial charge in [0.25, 0.3) is 0 Å². The van der Waals surface area contributed by atoms with Crippen LogP contribution in [0.25, 0.3) is 0 Å². The maximum Gasteiger partial charge on any atom is 0.224 e. The van der Waals surface area contributed by atoms with E-state index in [0.29, 0.717) is 18.0 Å². The molecule has 1 aromatic carbocycles. The number of halogens is 1. The molecule has 122 valence electrons. The molecule has 0 heterocycles. The van der Waals surface area contributed by atoms with E-state index < -0.39 is 0 Å². The van der Waals surface area contributed by atoms with Crippen LogP contribution in [-0.4, -0.2) is 44.0 Å². The monoisotopic (exact) mass is 342 g/mol. The maximum atomic E-state index is 11.8. The molecule has 0 saturated heterocycles. The molecule has 1 amide bonds. The van der Waals surface area contributed by atoms with Crippen LogP contribution in [0.5, 0.6) is 0 Å². The fourth-order valence-electron chi connectivity index (χ4n) is 1.70. The van der Waals surface area contributed by atoms with E-state index in [-0.39, 0.29) is 5.91 Å². The average molecular weight is 343 g/mol. The topological polar surface area (TPSA) is 65.5 Å². The molecule has 0 radical (unpaired) electrons. The molecular formula is C15H23ClN4OS. The number of aliphatic imine (C=N–C) groups is 1. The van der Waals surface area contributed by atoms with Crippen LogP contribution in [0, 0.1) is 0 Å². The average Bonchev–Trinajstić information content (AvgIpc) is 2.52. The molecule has 7 heteroatoms. The zero-order valence-electron chi connectivity index (χ0n) is 13.0. The van der Waals surface area contributed by atoms with E-state index in [2.05, 4.69) is 27.2 Å². The van der Waals surface area contributed by atoms with E-state index in [1.807, 2.05) is 0 Å². The Kier molecular flexibility index (Phi) is 9.50. The highest BCUT2D eigenvalue weighted by Crippen LogP contribution is 2.13.